The number of allylic oxidation sites excluding steroid dienone is 1. The number of rotatable bonds is 3. The Labute approximate surface area is 82.6 Å². The highest BCUT2D eigenvalue weighted by molar-refractivity contribution is 5.80. The first kappa shape index (κ1) is 9.98. The summed E-state index contributed by atoms with van der Waals surface area (Å²) in [5.74, 6) is -0.0469. The van der Waals surface area contributed by atoms with E-state index in [1.54, 1.807) is 6.08 Å². The molecule has 0 aromatic heterocycles. The molecule has 1 aromatic carbocycles. The first-order valence-corrected chi connectivity index (χ1v) is 4.13. The van der Waals surface area contributed by atoms with Crippen LogP contribution in [0.2, 0.25) is 0 Å². The summed E-state index contributed by atoms with van der Waals surface area (Å²) < 4.78 is 0. The van der Waals surface area contributed by atoms with Gasteiger partial charge < -0.3 is 11.5 Å². The van der Waals surface area contributed by atoms with E-state index < -0.39 is 0 Å². The van der Waals surface area contributed by atoms with Crippen molar-refractivity contribution in [2.75, 3.05) is 0 Å². The molecule has 0 heterocycles. The molecular weight excluding hydrogens is 176 g/mol. The van der Waals surface area contributed by atoms with Gasteiger partial charge in [0.1, 0.15) is 0 Å². The summed E-state index contributed by atoms with van der Waals surface area (Å²) in [6.45, 7) is 0. The highest BCUT2D eigenvalue weighted by Crippen LogP contribution is 1.99. The molecule has 1 rings (SSSR count). The zero-order valence-electron chi connectivity index (χ0n) is 7.67. The normalized spacial score (nSPS) is 10.9. The van der Waals surface area contributed by atoms with E-state index in [9.17, 15) is 0 Å². The summed E-state index contributed by atoms with van der Waals surface area (Å²) in [6.07, 6.45) is 5.19. The van der Waals surface area contributed by atoms with Crippen LogP contribution in [0.1, 0.15) is 5.56 Å². The summed E-state index contributed by atoms with van der Waals surface area (Å²) >= 11 is 0. The van der Waals surface area contributed by atoms with Crippen LogP contribution in [0.4, 0.5) is 0 Å². The largest absolute Gasteiger partial charge is 0.369 e. The van der Waals surface area contributed by atoms with Gasteiger partial charge in [-0.05, 0) is 11.6 Å². The van der Waals surface area contributed by atoms with Gasteiger partial charge in [-0.25, -0.2) is 0 Å². The molecule has 0 atom stereocenters. The Kier molecular flexibility index (Phi) is 3.94. The van der Waals surface area contributed by atoms with Crippen molar-refractivity contribution in [1.29, 1.82) is 0 Å². The number of hydrogen-bond donors (Lipinski definition) is 2. The van der Waals surface area contributed by atoms with Gasteiger partial charge in [-0.3, -0.25) is 0 Å². The number of nitrogens with zero attached hydrogens (tertiary/aromatic N) is 2. The van der Waals surface area contributed by atoms with Crippen LogP contribution in [-0.2, 0) is 0 Å². The van der Waals surface area contributed by atoms with Crippen LogP contribution in [0.25, 0.3) is 6.08 Å². The maximum atomic E-state index is 5.08. The average Bonchev–Trinajstić information content (AvgIpc) is 2.18. The molecule has 0 spiro atoms. The first-order valence-electron chi connectivity index (χ1n) is 4.13. The molecule has 0 fully saturated rings. The van der Waals surface area contributed by atoms with E-state index >= 15 is 0 Å². The SMILES string of the molecule is NC(N)=N/N=C/C=C\c1ccccc1. The molecule has 4 nitrogen and oxygen atoms in total. The fraction of sp³-hybridized carbons (Fsp3) is 0. The van der Waals surface area contributed by atoms with E-state index in [4.69, 9.17) is 11.5 Å². The fourth-order valence-electron chi connectivity index (χ4n) is 0.857. The molecule has 0 aliphatic carbocycles. The smallest absolute Gasteiger partial charge is 0.211 e. The topological polar surface area (TPSA) is 76.8 Å². The van der Waals surface area contributed by atoms with E-state index in [-0.39, 0.29) is 5.96 Å². The summed E-state index contributed by atoms with van der Waals surface area (Å²) in [5.41, 5.74) is 11.3. The minimum atomic E-state index is -0.0469. The lowest BCUT2D eigenvalue weighted by molar-refractivity contribution is 1.22. The van der Waals surface area contributed by atoms with Crippen LogP contribution in [0.3, 0.4) is 0 Å². The second kappa shape index (κ2) is 5.53. The molecule has 0 saturated carbocycles. The van der Waals surface area contributed by atoms with Crippen LogP contribution >= 0.6 is 0 Å². The molecule has 4 N–H and O–H groups in total. The van der Waals surface area contributed by atoms with Crippen molar-refractivity contribution in [3.8, 4) is 0 Å². The summed E-state index contributed by atoms with van der Waals surface area (Å²) in [7, 11) is 0. The van der Waals surface area contributed by atoms with Gasteiger partial charge in [-0.15, -0.1) is 5.10 Å². The van der Waals surface area contributed by atoms with Crippen LogP contribution in [-0.4, -0.2) is 12.2 Å². The third-order valence-corrected chi connectivity index (χ3v) is 1.41. The minimum Gasteiger partial charge on any atom is -0.369 e. The molecule has 0 saturated heterocycles. The predicted octanol–water partition coefficient (Wildman–Crippen LogP) is 0.959. The zero-order valence-corrected chi connectivity index (χ0v) is 7.67. The molecule has 0 aliphatic heterocycles. The van der Waals surface area contributed by atoms with Gasteiger partial charge in [-0.2, -0.15) is 5.10 Å². The second-order valence-electron chi connectivity index (χ2n) is 2.56. The summed E-state index contributed by atoms with van der Waals surface area (Å²) in [4.78, 5) is 0. The van der Waals surface area contributed by atoms with Gasteiger partial charge in [0.05, 0.1) is 0 Å². The number of benzene rings is 1. The minimum absolute atomic E-state index is 0.0469. The molecule has 1 aromatic rings. The Balaban J connectivity index is 2.50. The summed E-state index contributed by atoms with van der Waals surface area (Å²) in [5, 5.41) is 7.06. The van der Waals surface area contributed by atoms with Crippen LogP contribution in [0.15, 0.2) is 46.6 Å². The fourth-order valence-corrected chi connectivity index (χ4v) is 0.857. The maximum Gasteiger partial charge on any atom is 0.211 e. The first-order chi connectivity index (χ1) is 6.79. The Hall–Kier alpha value is -2.10. The molecule has 72 valence electrons. The van der Waals surface area contributed by atoms with Crippen LogP contribution < -0.4 is 11.5 Å². The van der Waals surface area contributed by atoms with E-state index in [0.717, 1.165) is 5.56 Å². The number of nitrogens with two attached hydrogens (primary N) is 2. The molecule has 0 bridgehead atoms. The van der Waals surface area contributed by atoms with Gasteiger partial charge in [0.15, 0.2) is 0 Å². The van der Waals surface area contributed by atoms with Gasteiger partial charge in [0, 0.05) is 6.21 Å². The van der Waals surface area contributed by atoms with E-state index in [1.807, 2.05) is 36.4 Å². The second-order valence-corrected chi connectivity index (χ2v) is 2.56. The molecule has 14 heavy (non-hydrogen) atoms. The standard InChI is InChI=1S/C10H12N4/c11-10(12)14-13-8-4-7-9-5-2-1-3-6-9/h1-8H,(H4,11,12,14)/b7-4-,13-8+. The van der Waals surface area contributed by atoms with Crippen LogP contribution in [0.5, 0.6) is 0 Å². The molecule has 0 amide bonds. The van der Waals surface area contributed by atoms with Gasteiger partial charge in [-0.1, -0.05) is 36.4 Å². The van der Waals surface area contributed by atoms with E-state index in [0.29, 0.717) is 0 Å². The van der Waals surface area contributed by atoms with Crippen molar-refractivity contribution in [2.45, 2.75) is 0 Å². The predicted molar refractivity (Wildman–Crippen MR) is 59.8 cm³/mol. The van der Waals surface area contributed by atoms with E-state index in [2.05, 4.69) is 10.2 Å². The van der Waals surface area contributed by atoms with Gasteiger partial charge >= 0.3 is 0 Å². The van der Waals surface area contributed by atoms with Crippen molar-refractivity contribution in [3.63, 3.8) is 0 Å². The van der Waals surface area contributed by atoms with Gasteiger partial charge in [0.2, 0.25) is 5.96 Å². The monoisotopic (exact) mass is 188 g/mol. The Morgan fingerprint density at radius 1 is 1.14 bits per heavy atom. The highest BCUT2D eigenvalue weighted by atomic mass is 15.3. The number of hydrogen-bond acceptors (Lipinski definition) is 2. The molecular formula is C10H12N4. The van der Waals surface area contributed by atoms with Gasteiger partial charge in [0.25, 0.3) is 0 Å². The van der Waals surface area contributed by atoms with Crippen molar-refractivity contribution >= 4 is 18.3 Å². The van der Waals surface area contributed by atoms with Crippen molar-refractivity contribution < 1.29 is 0 Å². The zero-order chi connectivity index (χ0) is 10.2. The Bertz CT molecular complexity index is 348. The third kappa shape index (κ3) is 4.06. The average molecular weight is 188 g/mol. The lowest BCUT2D eigenvalue weighted by atomic mass is 10.2. The lowest BCUT2D eigenvalue weighted by Gasteiger charge is -1.87. The Morgan fingerprint density at radius 3 is 2.50 bits per heavy atom. The molecule has 0 radical (unpaired) electrons. The third-order valence-electron chi connectivity index (χ3n) is 1.41. The molecule has 4 heteroatoms. The molecule has 0 aliphatic rings. The van der Waals surface area contributed by atoms with Crippen LogP contribution in [0, 0.1) is 0 Å². The molecule has 0 unspecified atom stereocenters. The van der Waals surface area contributed by atoms with Crippen molar-refractivity contribution in [1.82, 2.24) is 0 Å². The van der Waals surface area contributed by atoms with Crippen molar-refractivity contribution in [2.24, 2.45) is 21.7 Å². The Morgan fingerprint density at radius 2 is 1.86 bits per heavy atom. The highest BCUT2D eigenvalue weighted by Gasteiger charge is 1.79. The van der Waals surface area contributed by atoms with Crippen molar-refractivity contribution in [3.05, 3.63) is 42.0 Å². The lowest BCUT2D eigenvalue weighted by Crippen LogP contribution is -2.21. The number of guanidine groups is 1. The quantitative estimate of drug-likeness (QED) is 0.421. The van der Waals surface area contributed by atoms with E-state index in [1.165, 1.54) is 6.21 Å². The maximum absolute atomic E-state index is 5.08. The summed E-state index contributed by atoms with van der Waals surface area (Å²) in [6, 6.07) is 9.88.